The molecular weight excluding hydrogens is 764 g/mol. The summed E-state index contributed by atoms with van der Waals surface area (Å²) in [4.78, 5) is 50.9. The van der Waals surface area contributed by atoms with Gasteiger partial charge in [0.15, 0.2) is 0 Å². The number of rotatable bonds is 17. The highest BCUT2D eigenvalue weighted by atomic mass is 32.2. The van der Waals surface area contributed by atoms with Crippen LogP contribution in [0.2, 0.25) is 0 Å². The van der Waals surface area contributed by atoms with E-state index in [2.05, 4.69) is 5.32 Å². The molecule has 0 bridgehead atoms. The van der Waals surface area contributed by atoms with E-state index in [0.29, 0.717) is 34.6 Å². The van der Waals surface area contributed by atoms with Crippen molar-refractivity contribution in [3.05, 3.63) is 112 Å². The molecule has 3 amide bonds. The number of benzene rings is 4. The number of sulfonamides is 1. The first-order chi connectivity index (χ1) is 26.0. The molecule has 4 rings (SSSR count). The number of alkyl halides is 3. The number of methoxy groups -OCH3 is 1. The first-order valence-electron chi connectivity index (χ1n) is 16.6. The summed E-state index contributed by atoms with van der Waals surface area (Å²) < 4.78 is 71.0. The van der Waals surface area contributed by atoms with E-state index in [1.165, 1.54) is 42.0 Å². The molecule has 0 heterocycles. The minimum Gasteiger partial charge on any atom is -0.496 e. The van der Waals surface area contributed by atoms with Gasteiger partial charge >= 0.3 is 6.18 Å². The van der Waals surface area contributed by atoms with Gasteiger partial charge in [0, 0.05) is 48.4 Å². The highest BCUT2D eigenvalue weighted by Gasteiger charge is 2.29. The number of thioether (sulfide) groups is 1. The third kappa shape index (κ3) is 12.2. The van der Waals surface area contributed by atoms with E-state index in [-0.39, 0.29) is 30.0 Å². The van der Waals surface area contributed by atoms with Crippen LogP contribution in [0.25, 0.3) is 11.1 Å². The van der Waals surface area contributed by atoms with Crippen molar-refractivity contribution in [1.29, 1.82) is 0 Å². The van der Waals surface area contributed by atoms with Crippen molar-refractivity contribution in [3.63, 3.8) is 0 Å². The second kappa shape index (κ2) is 18.6. The Hall–Kier alpha value is -5.62. The highest BCUT2D eigenvalue weighted by Crippen LogP contribution is 2.32. The van der Waals surface area contributed by atoms with Crippen molar-refractivity contribution in [1.82, 2.24) is 14.9 Å². The number of anilines is 1. The Balaban J connectivity index is 1.44. The zero-order chi connectivity index (χ0) is 40.3. The molecule has 0 saturated carbocycles. The fourth-order valence-corrected chi connectivity index (χ4v) is 7.17. The number of nitrogens with one attached hydrogen (secondary N) is 3. The van der Waals surface area contributed by atoms with Gasteiger partial charge in [-0.2, -0.15) is 13.2 Å². The molecule has 18 heteroatoms. The minimum atomic E-state index is -4.60. The van der Waals surface area contributed by atoms with Gasteiger partial charge in [-0.15, -0.1) is 11.8 Å². The number of nitro groups is 1. The Morgan fingerprint density at radius 2 is 1.65 bits per heavy atom. The maximum Gasteiger partial charge on any atom is 0.405 e. The monoisotopic (exact) mass is 801 g/mol. The maximum atomic E-state index is 13.2. The van der Waals surface area contributed by atoms with E-state index in [1.807, 2.05) is 40.4 Å². The number of hydrogen-bond acceptors (Lipinski definition) is 10. The van der Waals surface area contributed by atoms with Crippen molar-refractivity contribution in [2.24, 2.45) is 0 Å². The van der Waals surface area contributed by atoms with Crippen LogP contribution in [0.1, 0.15) is 28.8 Å². The van der Waals surface area contributed by atoms with Gasteiger partial charge in [0.25, 0.3) is 21.6 Å². The average Bonchev–Trinajstić information content (AvgIpc) is 3.15. The van der Waals surface area contributed by atoms with Crippen LogP contribution in [0.4, 0.5) is 24.5 Å². The number of ether oxygens (including phenoxy) is 1. The zero-order valence-electron chi connectivity index (χ0n) is 29.9. The van der Waals surface area contributed by atoms with Crippen molar-refractivity contribution in [2.45, 2.75) is 41.3 Å². The van der Waals surface area contributed by atoms with E-state index in [4.69, 9.17) is 4.74 Å². The molecule has 0 aliphatic heterocycles. The highest BCUT2D eigenvalue weighted by molar-refractivity contribution is 7.99. The van der Waals surface area contributed by atoms with E-state index in [9.17, 15) is 46.1 Å². The van der Waals surface area contributed by atoms with Crippen molar-refractivity contribution < 1.29 is 45.6 Å². The van der Waals surface area contributed by atoms with Crippen LogP contribution in [0.15, 0.2) is 101 Å². The molecule has 0 saturated heterocycles. The molecule has 0 fully saturated rings. The SMILES string of the molecule is COc1cc(CCC(=O)NCC(F)(F)F)ccc1-c1ccc(C(=O)NS(=O)(=O)c2ccc(NC(CCSc3ccccc3)C(=O)N(C)C)c([N+](=O)[O-])c2)cc1. The number of likely N-dealkylation sites (N-methyl/N-ethyl adjacent to an activating group) is 1. The van der Waals surface area contributed by atoms with Crippen molar-refractivity contribution in [3.8, 4) is 16.9 Å². The standard InChI is InChI=1S/C37H38F3N5O8S2/c1-44(2)36(48)31(19-20-54-27-7-5-4-6-8-27)42-30-17-15-28(22-32(30)45(49)50)55(51,52)43-35(47)26-13-11-25(12-14-26)29-16-9-24(21-33(29)53-3)10-18-34(46)41-23-37(38,39)40/h4-9,11-17,21-22,31,42H,10,18-20,23H2,1-3H3,(H,41,46)(H,43,47). The number of halogens is 3. The molecule has 13 nitrogen and oxygen atoms in total. The van der Waals surface area contributed by atoms with Crippen LogP contribution in [0.3, 0.4) is 0 Å². The molecule has 1 atom stereocenters. The molecule has 1 unspecified atom stereocenters. The molecular formula is C37H38F3N5O8S2. The Morgan fingerprint density at radius 1 is 0.964 bits per heavy atom. The number of amides is 3. The van der Waals surface area contributed by atoms with Gasteiger partial charge in [-0.05, 0) is 66.4 Å². The molecule has 0 spiro atoms. The van der Waals surface area contributed by atoms with Gasteiger partial charge in [-0.25, -0.2) is 13.1 Å². The number of nitrogens with zero attached hydrogens (tertiary/aromatic N) is 2. The van der Waals surface area contributed by atoms with Crippen LogP contribution in [0, 0.1) is 10.1 Å². The molecule has 0 aliphatic rings. The summed E-state index contributed by atoms with van der Waals surface area (Å²) in [6.45, 7) is -1.42. The third-order valence-electron chi connectivity index (χ3n) is 8.04. The summed E-state index contributed by atoms with van der Waals surface area (Å²) >= 11 is 1.51. The number of nitro benzene ring substituents is 1. The predicted molar refractivity (Wildman–Crippen MR) is 201 cm³/mol. The van der Waals surface area contributed by atoms with Gasteiger partial charge < -0.3 is 20.3 Å². The van der Waals surface area contributed by atoms with Crippen molar-refractivity contribution in [2.75, 3.05) is 38.8 Å². The van der Waals surface area contributed by atoms with Crippen LogP contribution in [0.5, 0.6) is 5.75 Å². The Labute approximate surface area is 319 Å². The lowest BCUT2D eigenvalue weighted by molar-refractivity contribution is -0.384. The van der Waals surface area contributed by atoms with Gasteiger partial charge in [-0.3, -0.25) is 24.5 Å². The van der Waals surface area contributed by atoms with E-state index in [0.717, 1.165) is 17.0 Å². The second-order valence-electron chi connectivity index (χ2n) is 12.3. The molecule has 4 aromatic carbocycles. The molecule has 0 aromatic heterocycles. The Morgan fingerprint density at radius 3 is 2.27 bits per heavy atom. The molecule has 3 N–H and O–H groups in total. The van der Waals surface area contributed by atoms with Gasteiger partial charge in [-0.1, -0.05) is 42.5 Å². The molecule has 0 radical (unpaired) electrons. The van der Waals surface area contributed by atoms with Gasteiger partial charge in [0.2, 0.25) is 11.8 Å². The number of aryl methyl sites for hydroxylation is 1. The summed E-state index contributed by atoms with van der Waals surface area (Å²) in [5.41, 5.74) is 1.06. The van der Waals surface area contributed by atoms with E-state index >= 15 is 0 Å². The minimum absolute atomic E-state index is 0.0426. The largest absolute Gasteiger partial charge is 0.496 e. The van der Waals surface area contributed by atoms with E-state index in [1.54, 1.807) is 44.4 Å². The number of hydrogen-bond donors (Lipinski definition) is 3. The number of carbonyl (C=O) groups is 3. The number of carbonyl (C=O) groups excluding carboxylic acids is 3. The molecule has 55 heavy (non-hydrogen) atoms. The lowest BCUT2D eigenvalue weighted by Crippen LogP contribution is -2.39. The first kappa shape index (κ1) is 42.1. The topological polar surface area (TPSA) is 177 Å². The molecule has 0 aliphatic carbocycles. The van der Waals surface area contributed by atoms with E-state index < -0.39 is 56.1 Å². The molecule has 4 aromatic rings. The average molecular weight is 802 g/mol. The van der Waals surface area contributed by atoms with Crippen LogP contribution in [-0.2, 0) is 26.0 Å². The summed E-state index contributed by atoms with van der Waals surface area (Å²) in [6.07, 6.45) is -4.23. The Kier molecular flexibility index (Phi) is 14.3. The van der Waals surface area contributed by atoms with Crippen LogP contribution >= 0.6 is 11.8 Å². The summed E-state index contributed by atoms with van der Waals surface area (Å²) in [7, 11) is -0.0797. The maximum absolute atomic E-state index is 13.2. The fourth-order valence-electron chi connectivity index (χ4n) is 5.24. The lowest BCUT2D eigenvalue weighted by atomic mass is 9.99. The summed E-state index contributed by atoms with van der Waals surface area (Å²) in [6, 6.07) is 22.5. The fraction of sp³-hybridized carbons (Fsp3) is 0.270. The first-order valence-corrected chi connectivity index (χ1v) is 19.1. The van der Waals surface area contributed by atoms with Gasteiger partial charge in [0.1, 0.15) is 24.0 Å². The van der Waals surface area contributed by atoms with Crippen LogP contribution < -0.4 is 20.1 Å². The summed E-state index contributed by atoms with van der Waals surface area (Å²) in [5.74, 6) is -1.20. The normalized spacial score (nSPS) is 12.0. The second-order valence-corrected chi connectivity index (χ2v) is 15.1. The zero-order valence-corrected chi connectivity index (χ0v) is 31.5. The quantitative estimate of drug-likeness (QED) is 0.0647. The lowest BCUT2D eigenvalue weighted by Gasteiger charge is -2.22. The Bertz CT molecular complexity index is 2120. The predicted octanol–water partition coefficient (Wildman–Crippen LogP) is 6.05. The van der Waals surface area contributed by atoms with Gasteiger partial charge in [0.05, 0.1) is 16.9 Å². The van der Waals surface area contributed by atoms with Crippen LogP contribution in [-0.4, -0.2) is 81.7 Å². The molecule has 292 valence electrons. The van der Waals surface area contributed by atoms with Crippen molar-refractivity contribution >= 4 is 50.9 Å². The smallest absolute Gasteiger partial charge is 0.405 e. The summed E-state index contributed by atoms with van der Waals surface area (Å²) in [5, 5.41) is 16.8. The third-order valence-corrected chi connectivity index (χ3v) is 10.4.